The summed E-state index contributed by atoms with van der Waals surface area (Å²) in [5.74, 6) is 0. The van der Waals surface area contributed by atoms with Crippen LogP contribution in [-0.4, -0.2) is 18.2 Å². The summed E-state index contributed by atoms with van der Waals surface area (Å²) in [6.07, 6.45) is 2.89. The van der Waals surface area contributed by atoms with E-state index in [9.17, 15) is 5.11 Å². The minimum atomic E-state index is -0.315. The van der Waals surface area contributed by atoms with Crippen molar-refractivity contribution in [2.75, 3.05) is 13.1 Å². The first-order valence-corrected chi connectivity index (χ1v) is 6.13. The Labute approximate surface area is 97.7 Å². The van der Waals surface area contributed by atoms with Crippen molar-refractivity contribution in [1.82, 2.24) is 5.32 Å². The van der Waals surface area contributed by atoms with Gasteiger partial charge in [0.1, 0.15) is 0 Å². The molecule has 0 bridgehead atoms. The third-order valence-electron chi connectivity index (χ3n) is 3.68. The van der Waals surface area contributed by atoms with Gasteiger partial charge in [-0.2, -0.15) is 0 Å². The average molecular weight is 219 g/mol. The summed E-state index contributed by atoms with van der Waals surface area (Å²) in [6.45, 7) is 4.45. The molecule has 2 heteroatoms. The molecule has 1 saturated heterocycles. The molecule has 0 saturated carbocycles. The second kappa shape index (κ2) is 4.98. The van der Waals surface area contributed by atoms with Gasteiger partial charge >= 0.3 is 0 Å². The molecule has 16 heavy (non-hydrogen) atoms. The molecule has 2 nitrogen and oxygen atoms in total. The van der Waals surface area contributed by atoms with Crippen LogP contribution in [0.5, 0.6) is 0 Å². The van der Waals surface area contributed by atoms with Crippen molar-refractivity contribution in [3.63, 3.8) is 0 Å². The number of rotatable bonds is 3. The molecular formula is C14H21NO. The molecule has 2 rings (SSSR count). The van der Waals surface area contributed by atoms with E-state index >= 15 is 0 Å². The van der Waals surface area contributed by atoms with Gasteiger partial charge in [0.2, 0.25) is 0 Å². The second-order valence-electron chi connectivity index (χ2n) is 5.19. The van der Waals surface area contributed by atoms with Crippen molar-refractivity contribution >= 4 is 0 Å². The van der Waals surface area contributed by atoms with Gasteiger partial charge in [0.05, 0.1) is 6.10 Å². The highest BCUT2D eigenvalue weighted by Gasteiger charge is 2.29. The molecule has 1 atom stereocenters. The number of piperidine rings is 1. The fourth-order valence-corrected chi connectivity index (χ4v) is 2.49. The topological polar surface area (TPSA) is 32.3 Å². The first kappa shape index (κ1) is 11.6. The van der Waals surface area contributed by atoms with Crippen molar-refractivity contribution in [3.05, 3.63) is 35.9 Å². The third kappa shape index (κ3) is 2.83. The summed E-state index contributed by atoms with van der Waals surface area (Å²) < 4.78 is 0. The SMILES string of the molecule is CC1(CC(O)c2ccccc2)CCNCC1. The summed E-state index contributed by atoms with van der Waals surface area (Å²) in [7, 11) is 0. The largest absolute Gasteiger partial charge is 0.388 e. The Morgan fingerprint density at radius 3 is 2.50 bits per heavy atom. The lowest BCUT2D eigenvalue weighted by Crippen LogP contribution is -2.35. The molecule has 1 fully saturated rings. The van der Waals surface area contributed by atoms with E-state index in [1.54, 1.807) is 0 Å². The van der Waals surface area contributed by atoms with Crippen molar-refractivity contribution in [2.45, 2.75) is 32.3 Å². The Bertz CT molecular complexity index is 317. The summed E-state index contributed by atoms with van der Waals surface area (Å²) in [6, 6.07) is 9.99. The van der Waals surface area contributed by atoms with Crippen LogP contribution < -0.4 is 5.32 Å². The van der Waals surface area contributed by atoms with E-state index in [0.717, 1.165) is 37.9 Å². The molecule has 1 aliphatic heterocycles. The van der Waals surface area contributed by atoms with E-state index in [2.05, 4.69) is 12.2 Å². The number of nitrogens with one attached hydrogen (secondary N) is 1. The molecule has 0 spiro atoms. The maximum atomic E-state index is 10.2. The fourth-order valence-electron chi connectivity index (χ4n) is 2.49. The maximum Gasteiger partial charge on any atom is 0.0795 e. The molecule has 0 amide bonds. The molecule has 1 aromatic carbocycles. The van der Waals surface area contributed by atoms with Gasteiger partial charge in [0.15, 0.2) is 0 Å². The number of benzene rings is 1. The molecule has 2 N–H and O–H groups in total. The van der Waals surface area contributed by atoms with Gasteiger partial charge in [-0.1, -0.05) is 37.3 Å². The van der Waals surface area contributed by atoms with Gasteiger partial charge in [-0.25, -0.2) is 0 Å². The zero-order valence-electron chi connectivity index (χ0n) is 9.95. The average Bonchev–Trinajstić information content (AvgIpc) is 2.30. The Morgan fingerprint density at radius 1 is 1.25 bits per heavy atom. The van der Waals surface area contributed by atoms with Crippen LogP contribution in [0.15, 0.2) is 30.3 Å². The highest BCUT2D eigenvalue weighted by atomic mass is 16.3. The van der Waals surface area contributed by atoms with Crippen LogP contribution in [0, 0.1) is 5.41 Å². The summed E-state index contributed by atoms with van der Waals surface area (Å²) in [4.78, 5) is 0. The molecule has 88 valence electrons. The smallest absolute Gasteiger partial charge is 0.0795 e. The molecular weight excluding hydrogens is 198 g/mol. The summed E-state index contributed by atoms with van der Waals surface area (Å²) in [5.41, 5.74) is 1.34. The van der Waals surface area contributed by atoms with Crippen LogP contribution in [0.1, 0.15) is 37.9 Å². The van der Waals surface area contributed by atoms with E-state index in [4.69, 9.17) is 0 Å². The van der Waals surface area contributed by atoms with Crippen molar-refractivity contribution in [2.24, 2.45) is 5.41 Å². The number of aliphatic hydroxyl groups excluding tert-OH is 1. The van der Waals surface area contributed by atoms with Gasteiger partial charge in [0, 0.05) is 0 Å². The summed E-state index contributed by atoms with van der Waals surface area (Å²) in [5, 5.41) is 13.6. The lowest BCUT2D eigenvalue weighted by Gasteiger charge is -2.35. The first-order valence-electron chi connectivity index (χ1n) is 6.13. The van der Waals surface area contributed by atoms with Crippen LogP contribution >= 0.6 is 0 Å². The van der Waals surface area contributed by atoms with Gasteiger partial charge < -0.3 is 10.4 Å². The van der Waals surface area contributed by atoms with E-state index in [1.165, 1.54) is 0 Å². The summed E-state index contributed by atoms with van der Waals surface area (Å²) >= 11 is 0. The molecule has 1 heterocycles. The molecule has 0 aliphatic carbocycles. The molecule has 1 aliphatic rings. The third-order valence-corrected chi connectivity index (χ3v) is 3.68. The predicted molar refractivity (Wildman–Crippen MR) is 66.2 cm³/mol. The normalized spacial score (nSPS) is 21.6. The van der Waals surface area contributed by atoms with Gasteiger partial charge in [0.25, 0.3) is 0 Å². The predicted octanol–water partition coefficient (Wildman–Crippen LogP) is 2.50. The molecule has 0 radical (unpaired) electrons. The monoisotopic (exact) mass is 219 g/mol. The van der Waals surface area contributed by atoms with Crippen molar-refractivity contribution in [3.8, 4) is 0 Å². The highest BCUT2D eigenvalue weighted by molar-refractivity contribution is 5.17. The van der Waals surface area contributed by atoms with E-state index in [1.807, 2.05) is 30.3 Å². The molecule has 0 aromatic heterocycles. The van der Waals surface area contributed by atoms with Gasteiger partial charge in [-0.3, -0.25) is 0 Å². The zero-order valence-corrected chi connectivity index (χ0v) is 9.95. The standard InChI is InChI=1S/C14H21NO/c1-14(7-9-15-10-8-14)11-13(16)12-5-3-2-4-6-12/h2-6,13,15-16H,7-11H2,1H3. The Morgan fingerprint density at radius 2 is 1.88 bits per heavy atom. The van der Waals surface area contributed by atoms with Crippen LogP contribution in [0.4, 0.5) is 0 Å². The Kier molecular flexibility index (Phi) is 3.62. The zero-order chi connectivity index (χ0) is 11.4. The number of aliphatic hydroxyl groups is 1. The number of hydrogen-bond acceptors (Lipinski definition) is 2. The lowest BCUT2D eigenvalue weighted by molar-refractivity contribution is 0.0858. The lowest BCUT2D eigenvalue weighted by atomic mass is 9.75. The number of hydrogen-bond donors (Lipinski definition) is 2. The van der Waals surface area contributed by atoms with Crippen LogP contribution in [0.3, 0.4) is 0 Å². The Balaban J connectivity index is 1.98. The maximum absolute atomic E-state index is 10.2. The van der Waals surface area contributed by atoms with E-state index in [0.29, 0.717) is 5.41 Å². The minimum Gasteiger partial charge on any atom is -0.388 e. The quantitative estimate of drug-likeness (QED) is 0.818. The van der Waals surface area contributed by atoms with Gasteiger partial charge in [-0.05, 0) is 43.3 Å². The fraction of sp³-hybridized carbons (Fsp3) is 0.571. The molecule has 1 unspecified atom stereocenters. The second-order valence-corrected chi connectivity index (χ2v) is 5.19. The van der Waals surface area contributed by atoms with Crippen LogP contribution in [-0.2, 0) is 0 Å². The minimum absolute atomic E-state index is 0.292. The first-order chi connectivity index (χ1) is 7.70. The van der Waals surface area contributed by atoms with Crippen LogP contribution in [0.25, 0.3) is 0 Å². The Hall–Kier alpha value is -0.860. The van der Waals surface area contributed by atoms with Gasteiger partial charge in [-0.15, -0.1) is 0 Å². The van der Waals surface area contributed by atoms with E-state index in [-0.39, 0.29) is 6.10 Å². The van der Waals surface area contributed by atoms with Crippen LogP contribution in [0.2, 0.25) is 0 Å². The van der Waals surface area contributed by atoms with Crippen molar-refractivity contribution in [1.29, 1.82) is 0 Å². The van der Waals surface area contributed by atoms with Crippen molar-refractivity contribution < 1.29 is 5.11 Å². The highest BCUT2D eigenvalue weighted by Crippen LogP contribution is 2.37. The van der Waals surface area contributed by atoms with E-state index < -0.39 is 0 Å². The molecule has 1 aromatic rings.